The lowest BCUT2D eigenvalue weighted by molar-refractivity contribution is 0.210. The van der Waals surface area contributed by atoms with Crippen molar-refractivity contribution in [2.24, 2.45) is 0 Å². The van der Waals surface area contributed by atoms with Crippen LogP contribution in [0.25, 0.3) is 11.3 Å². The van der Waals surface area contributed by atoms with Crippen molar-refractivity contribution < 1.29 is 4.74 Å². The van der Waals surface area contributed by atoms with Crippen LogP contribution in [0.3, 0.4) is 0 Å². The maximum atomic E-state index is 6.25. The van der Waals surface area contributed by atoms with Crippen molar-refractivity contribution in [3.8, 4) is 11.3 Å². The summed E-state index contributed by atoms with van der Waals surface area (Å²) in [6.07, 6.45) is 0. The van der Waals surface area contributed by atoms with Crippen LogP contribution in [0.1, 0.15) is 0 Å². The molecule has 0 radical (unpaired) electrons. The molecule has 7 heteroatoms. The summed E-state index contributed by atoms with van der Waals surface area (Å²) in [7, 11) is 1.65. The number of hydrogen-bond donors (Lipinski definition) is 2. The molecule has 0 aliphatic rings. The summed E-state index contributed by atoms with van der Waals surface area (Å²) in [5.74, 6) is 1.12. The topological polar surface area (TPSA) is 59.1 Å². The Morgan fingerprint density at radius 3 is 2.58 bits per heavy atom. The first kappa shape index (κ1) is 18.5. The summed E-state index contributed by atoms with van der Waals surface area (Å²) in [4.78, 5) is 9.09. The Labute approximate surface area is 162 Å². The van der Waals surface area contributed by atoms with Gasteiger partial charge in [0.1, 0.15) is 5.82 Å². The highest BCUT2D eigenvalue weighted by molar-refractivity contribution is 6.35. The van der Waals surface area contributed by atoms with Gasteiger partial charge in [0, 0.05) is 30.3 Å². The first-order chi connectivity index (χ1) is 12.7. The third kappa shape index (κ3) is 4.85. The van der Waals surface area contributed by atoms with Crippen LogP contribution >= 0.6 is 23.2 Å². The first-order valence-electron chi connectivity index (χ1n) is 8.05. The van der Waals surface area contributed by atoms with E-state index in [4.69, 9.17) is 27.9 Å². The molecular weight excluding hydrogens is 371 g/mol. The van der Waals surface area contributed by atoms with E-state index in [1.807, 2.05) is 36.4 Å². The van der Waals surface area contributed by atoms with Gasteiger partial charge in [-0.15, -0.1) is 0 Å². The third-order valence-corrected chi connectivity index (χ3v) is 4.14. The average Bonchev–Trinajstić information content (AvgIpc) is 2.65. The van der Waals surface area contributed by atoms with Crippen LogP contribution < -0.4 is 10.6 Å². The monoisotopic (exact) mass is 388 g/mol. The van der Waals surface area contributed by atoms with Crippen molar-refractivity contribution in [3.05, 3.63) is 64.6 Å². The molecule has 0 amide bonds. The Kier molecular flexibility index (Phi) is 6.28. The van der Waals surface area contributed by atoms with E-state index in [-0.39, 0.29) is 0 Å². The maximum absolute atomic E-state index is 6.25. The van der Waals surface area contributed by atoms with E-state index in [9.17, 15) is 0 Å². The Morgan fingerprint density at radius 2 is 1.81 bits per heavy atom. The number of nitrogens with zero attached hydrogens (tertiary/aromatic N) is 2. The van der Waals surface area contributed by atoms with E-state index in [2.05, 4.69) is 20.6 Å². The maximum Gasteiger partial charge on any atom is 0.225 e. The molecule has 0 unspecified atom stereocenters. The fourth-order valence-electron chi connectivity index (χ4n) is 2.34. The Hall–Kier alpha value is -2.34. The molecule has 0 saturated carbocycles. The lowest BCUT2D eigenvalue weighted by Gasteiger charge is -2.12. The predicted octanol–water partition coefficient (Wildman–Crippen LogP) is 5.25. The van der Waals surface area contributed by atoms with Gasteiger partial charge >= 0.3 is 0 Å². The number of nitrogens with one attached hydrogen (secondary N) is 2. The van der Waals surface area contributed by atoms with Crippen LogP contribution in [0.5, 0.6) is 0 Å². The van der Waals surface area contributed by atoms with Crippen LogP contribution in [0.15, 0.2) is 54.6 Å². The molecule has 1 heterocycles. The van der Waals surface area contributed by atoms with E-state index >= 15 is 0 Å². The molecule has 3 aromatic rings. The van der Waals surface area contributed by atoms with Crippen LogP contribution in [0.4, 0.5) is 17.5 Å². The van der Waals surface area contributed by atoms with E-state index in [0.717, 1.165) is 11.3 Å². The second-order valence-corrected chi connectivity index (χ2v) is 6.34. The van der Waals surface area contributed by atoms with Gasteiger partial charge in [0.25, 0.3) is 0 Å². The van der Waals surface area contributed by atoms with Gasteiger partial charge in [-0.05, 0) is 18.2 Å². The molecule has 0 bridgehead atoms. The van der Waals surface area contributed by atoms with E-state index in [1.54, 1.807) is 25.3 Å². The van der Waals surface area contributed by atoms with Crippen molar-refractivity contribution >= 4 is 40.7 Å². The average molecular weight is 389 g/mol. The fraction of sp³-hybridized carbons (Fsp3) is 0.158. The van der Waals surface area contributed by atoms with Crippen molar-refractivity contribution in [1.82, 2.24) is 9.97 Å². The SMILES string of the molecule is COCCNc1nc(Nc2cc(Cl)ccc2Cl)cc(-c2ccccc2)n1. The highest BCUT2D eigenvalue weighted by atomic mass is 35.5. The number of aromatic nitrogens is 2. The molecule has 0 aliphatic heterocycles. The van der Waals surface area contributed by atoms with Crippen LogP contribution in [0, 0.1) is 0 Å². The first-order valence-corrected chi connectivity index (χ1v) is 8.80. The third-order valence-electron chi connectivity index (χ3n) is 3.58. The van der Waals surface area contributed by atoms with E-state index < -0.39 is 0 Å². The van der Waals surface area contributed by atoms with Gasteiger partial charge in [0.15, 0.2) is 0 Å². The molecule has 5 nitrogen and oxygen atoms in total. The Balaban J connectivity index is 1.95. The van der Waals surface area contributed by atoms with E-state index in [0.29, 0.717) is 40.7 Å². The Morgan fingerprint density at radius 1 is 1.00 bits per heavy atom. The van der Waals surface area contributed by atoms with E-state index in [1.165, 1.54) is 0 Å². The molecule has 2 aromatic carbocycles. The van der Waals surface area contributed by atoms with Gasteiger partial charge in [-0.3, -0.25) is 0 Å². The lowest BCUT2D eigenvalue weighted by Crippen LogP contribution is -2.11. The van der Waals surface area contributed by atoms with Gasteiger partial charge in [0.2, 0.25) is 5.95 Å². The minimum absolute atomic E-state index is 0.504. The molecule has 0 saturated heterocycles. The fourth-order valence-corrected chi connectivity index (χ4v) is 2.68. The van der Waals surface area contributed by atoms with Gasteiger partial charge in [-0.2, -0.15) is 4.98 Å². The number of benzene rings is 2. The zero-order valence-electron chi connectivity index (χ0n) is 14.2. The van der Waals surface area contributed by atoms with Crippen LogP contribution in [-0.4, -0.2) is 30.2 Å². The molecule has 0 aliphatic carbocycles. The second kappa shape index (κ2) is 8.85. The van der Waals surface area contributed by atoms with Gasteiger partial charge < -0.3 is 15.4 Å². The second-order valence-electron chi connectivity index (χ2n) is 5.50. The quantitative estimate of drug-likeness (QED) is 0.541. The number of hydrogen-bond acceptors (Lipinski definition) is 5. The summed E-state index contributed by atoms with van der Waals surface area (Å²) >= 11 is 12.3. The normalized spacial score (nSPS) is 10.6. The van der Waals surface area contributed by atoms with Crippen molar-refractivity contribution in [1.29, 1.82) is 0 Å². The number of ether oxygens (including phenoxy) is 1. The molecule has 0 atom stereocenters. The summed E-state index contributed by atoms with van der Waals surface area (Å²) in [5.41, 5.74) is 2.46. The van der Waals surface area contributed by atoms with Crippen LogP contribution in [0.2, 0.25) is 10.0 Å². The number of methoxy groups -OCH3 is 1. The van der Waals surface area contributed by atoms with Crippen molar-refractivity contribution in [2.45, 2.75) is 0 Å². The molecule has 1 aromatic heterocycles. The molecule has 0 fully saturated rings. The molecule has 26 heavy (non-hydrogen) atoms. The molecular formula is C19H18Cl2N4O. The molecule has 2 N–H and O–H groups in total. The number of rotatable bonds is 7. The highest BCUT2D eigenvalue weighted by Crippen LogP contribution is 2.29. The standard InChI is InChI=1S/C19H18Cl2N4O/c1-26-10-9-22-19-24-16(13-5-3-2-4-6-13)12-18(25-19)23-17-11-14(20)7-8-15(17)21/h2-8,11-12H,9-10H2,1H3,(H2,22,23,24,25). The van der Waals surface area contributed by atoms with Gasteiger partial charge in [0.05, 0.1) is 23.0 Å². The Bertz CT molecular complexity index is 875. The summed E-state index contributed by atoms with van der Waals surface area (Å²) in [6.45, 7) is 1.16. The molecule has 134 valence electrons. The predicted molar refractivity (Wildman–Crippen MR) is 108 cm³/mol. The van der Waals surface area contributed by atoms with Gasteiger partial charge in [-0.25, -0.2) is 4.98 Å². The minimum atomic E-state index is 0.504. The summed E-state index contributed by atoms with van der Waals surface area (Å²) in [6, 6.07) is 17.0. The van der Waals surface area contributed by atoms with Gasteiger partial charge in [-0.1, -0.05) is 53.5 Å². The smallest absolute Gasteiger partial charge is 0.225 e. The molecule has 0 spiro atoms. The lowest BCUT2D eigenvalue weighted by atomic mass is 10.1. The minimum Gasteiger partial charge on any atom is -0.383 e. The number of anilines is 3. The van der Waals surface area contributed by atoms with Crippen molar-refractivity contribution in [2.75, 3.05) is 30.9 Å². The summed E-state index contributed by atoms with van der Waals surface area (Å²) in [5, 5.41) is 7.53. The van der Waals surface area contributed by atoms with Crippen molar-refractivity contribution in [3.63, 3.8) is 0 Å². The van der Waals surface area contributed by atoms with Crippen LogP contribution in [-0.2, 0) is 4.74 Å². The molecule has 3 rings (SSSR count). The highest BCUT2D eigenvalue weighted by Gasteiger charge is 2.09. The number of halogens is 2. The zero-order valence-corrected chi connectivity index (χ0v) is 15.7. The largest absolute Gasteiger partial charge is 0.383 e. The summed E-state index contributed by atoms with van der Waals surface area (Å²) < 4.78 is 5.07. The zero-order chi connectivity index (χ0) is 18.4.